The molecule has 0 aliphatic rings. The molecule has 4 aromatic rings. The van der Waals surface area contributed by atoms with Crippen LogP contribution in [0, 0.1) is 0 Å². The summed E-state index contributed by atoms with van der Waals surface area (Å²) in [6, 6.07) is 14.5. The highest BCUT2D eigenvalue weighted by molar-refractivity contribution is 9.10. The van der Waals surface area contributed by atoms with Crippen LogP contribution in [0.2, 0.25) is 10.0 Å². The Labute approximate surface area is 246 Å². The lowest BCUT2D eigenvalue weighted by atomic mass is 9.95. The van der Waals surface area contributed by atoms with Crippen molar-refractivity contribution in [1.82, 2.24) is 9.66 Å². The average molecular weight is 629 g/mol. The van der Waals surface area contributed by atoms with Gasteiger partial charge in [-0.2, -0.15) is 9.78 Å². The maximum absolute atomic E-state index is 13.5. The van der Waals surface area contributed by atoms with Crippen molar-refractivity contribution in [3.63, 3.8) is 0 Å². The Morgan fingerprint density at radius 1 is 1.10 bits per heavy atom. The Kier molecular flexibility index (Phi) is 8.84. The summed E-state index contributed by atoms with van der Waals surface area (Å²) in [6.45, 7) is 10.1. The van der Waals surface area contributed by atoms with Gasteiger partial charge in [-0.3, -0.25) is 4.79 Å². The molecule has 0 spiro atoms. The average Bonchev–Trinajstić information content (AvgIpc) is 2.88. The minimum Gasteiger partial charge on any atom is -0.493 e. The van der Waals surface area contributed by atoms with Gasteiger partial charge in [0.1, 0.15) is 12.4 Å². The topological polar surface area (TPSA) is 65.7 Å². The molecule has 0 aliphatic carbocycles. The first-order chi connectivity index (χ1) is 18.5. The lowest BCUT2D eigenvalue weighted by Crippen LogP contribution is -2.29. The molecule has 0 bridgehead atoms. The molecule has 202 valence electrons. The molecular formula is C30H28BrCl2N3O3. The summed E-state index contributed by atoms with van der Waals surface area (Å²) in [5.41, 5.74) is 2.31. The van der Waals surface area contributed by atoms with Crippen LogP contribution in [0.15, 0.2) is 75.6 Å². The molecule has 0 saturated carbocycles. The van der Waals surface area contributed by atoms with E-state index >= 15 is 0 Å². The quantitative estimate of drug-likeness (QED) is 0.147. The zero-order valence-corrected chi connectivity index (χ0v) is 25.2. The van der Waals surface area contributed by atoms with Crippen molar-refractivity contribution in [2.45, 2.75) is 39.2 Å². The molecular weight excluding hydrogens is 601 g/mol. The van der Waals surface area contributed by atoms with Crippen LogP contribution in [0.1, 0.15) is 43.3 Å². The number of methoxy groups -OCH3 is 1. The first kappa shape index (κ1) is 28.9. The van der Waals surface area contributed by atoms with E-state index in [0.717, 1.165) is 21.2 Å². The number of fused-ring (bicyclic) bond motifs is 1. The van der Waals surface area contributed by atoms with Gasteiger partial charge in [0.05, 0.1) is 24.2 Å². The van der Waals surface area contributed by atoms with E-state index in [-0.39, 0.29) is 12.2 Å². The van der Waals surface area contributed by atoms with Crippen LogP contribution in [-0.4, -0.2) is 23.0 Å². The van der Waals surface area contributed by atoms with Crippen LogP contribution in [0.25, 0.3) is 10.9 Å². The van der Waals surface area contributed by atoms with Gasteiger partial charge >= 0.3 is 0 Å². The molecule has 1 aromatic heterocycles. The highest BCUT2D eigenvalue weighted by atomic mass is 79.9. The van der Waals surface area contributed by atoms with Crippen LogP contribution >= 0.6 is 39.1 Å². The Bertz CT molecular complexity index is 1640. The maximum atomic E-state index is 13.5. The van der Waals surface area contributed by atoms with Gasteiger partial charge in [0.25, 0.3) is 5.56 Å². The van der Waals surface area contributed by atoms with Gasteiger partial charge in [-0.05, 0) is 54.4 Å². The molecule has 1 heterocycles. The molecule has 0 N–H and O–H groups in total. The van der Waals surface area contributed by atoms with Gasteiger partial charge < -0.3 is 9.47 Å². The first-order valence-corrected chi connectivity index (χ1v) is 13.7. The van der Waals surface area contributed by atoms with Crippen molar-refractivity contribution in [2.24, 2.45) is 5.10 Å². The van der Waals surface area contributed by atoms with E-state index in [4.69, 9.17) is 37.7 Å². The Morgan fingerprint density at radius 2 is 1.87 bits per heavy atom. The fourth-order valence-corrected chi connectivity index (χ4v) is 4.86. The number of rotatable bonds is 8. The summed E-state index contributed by atoms with van der Waals surface area (Å²) in [5, 5.41) is 6.14. The minimum atomic E-state index is -0.426. The summed E-state index contributed by atoms with van der Waals surface area (Å²) < 4.78 is 14.0. The molecule has 39 heavy (non-hydrogen) atoms. The molecule has 4 rings (SSSR count). The molecule has 0 aliphatic heterocycles. The largest absolute Gasteiger partial charge is 0.493 e. The predicted octanol–water partition coefficient (Wildman–Crippen LogP) is 7.96. The molecule has 0 saturated heterocycles. The lowest BCUT2D eigenvalue weighted by molar-refractivity contribution is 0.282. The first-order valence-electron chi connectivity index (χ1n) is 12.2. The summed E-state index contributed by atoms with van der Waals surface area (Å²) in [6.07, 6.45) is 3.93. The fraction of sp³-hybridized carbons (Fsp3) is 0.233. The summed E-state index contributed by atoms with van der Waals surface area (Å²) in [5.74, 6) is 1.65. The van der Waals surface area contributed by atoms with E-state index in [1.807, 2.05) is 51.1 Å². The summed E-state index contributed by atoms with van der Waals surface area (Å²) >= 11 is 15.8. The molecule has 0 amide bonds. The molecule has 0 radical (unpaired) electrons. The summed E-state index contributed by atoms with van der Waals surface area (Å²) in [4.78, 5) is 18.3. The van der Waals surface area contributed by atoms with Crippen LogP contribution in [0.3, 0.4) is 0 Å². The van der Waals surface area contributed by atoms with E-state index in [1.54, 1.807) is 37.6 Å². The lowest BCUT2D eigenvalue weighted by Gasteiger charge is -2.21. The van der Waals surface area contributed by atoms with Crippen LogP contribution in [0.4, 0.5) is 0 Å². The predicted molar refractivity (Wildman–Crippen MR) is 163 cm³/mol. The second kappa shape index (κ2) is 11.9. The maximum Gasteiger partial charge on any atom is 0.282 e. The van der Waals surface area contributed by atoms with Crippen molar-refractivity contribution < 1.29 is 9.47 Å². The number of benzene rings is 3. The second-order valence-electron chi connectivity index (χ2n) is 9.94. The van der Waals surface area contributed by atoms with Gasteiger partial charge in [-0.1, -0.05) is 72.0 Å². The van der Waals surface area contributed by atoms with Crippen molar-refractivity contribution in [2.75, 3.05) is 7.11 Å². The fourth-order valence-electron chi connectivity index (χ4n) is 4.04. The second-order valence-corrected chi connectivity index (χ2v) is 11.7. The normalized spacial score (nSPS) is 11.8. The number of aromatic nitrogens is 2. The number of nitrogens with zero attached hydrogens (tertiary/aromatic N) is 3. The third-order valence-corrected chi connectivity index (χ3v) is 7.01. The Hall–Kier alpha value is -3.13. The van der Waals surface area contributed by atoms with Gasteiger partial charge in [0.15, 0.2) is 11.5 Å². The summed E-state index contributed by atoms with van der Waals surface area (Å²) in [7, 11) is 1.57. The van der Waals surface area contributed by atoms with Gasteiger partial charge in [-0.15, -0.1) is 6.58 Å². The van der Waals surface area contributed by atoms with Crippen LogP contribution in [-0.2, 0) is 18.4 Å². The molecule has 6 nitrogen and oxygen atoms in total. The van der Waals surface area contributed by atoms with Gasteiger partial charge in [0, 0.05) is 31.1 Å². The van der Waals surface area contributed by atoms with E-state index in [0.29, 0.717) is 44.7 Å². The van der Waals surface area contributed by atoms with Gasteiger partial charge in [-0.25, -0.2) is 4.98 Å². The highest BCUT2D eigenvalue weighted by Crippen LogP contribution is 2.35. The van der Waals surface area contributed by atoms with Crippen molar-refractivity contribution in [3.8, 4) is 11.5 Å². The number of allylic oxidation sites excluding steroid dienone is 1. The Morgan fingerprint density at radius 3 is 2.54 bits per heavy atom. The number of hydrogen-bond acceptors (Lipinski definition) is 5. The SMILES string of the molecule is C=CCc1cc(C=Nn2c(C(C)(C)C)nc3ccc(Br)cc3c2=O)cc(OC)c1OCc1ccc(Cl)cc1Cl. The molecule has 0 atom stereocenters. The van der Waals surface area contributed by atoms with Crippen molar-refractivity contribution >= 4 is 56.2 Å². The minimum absolute atomic E-state index is 0.229. The zero-order valence-electron chi connectivity index (χ0n) is 22.1. The van der Waals surface area contributed by atoms with Crippen molar-refractivity contribution in [3.05, 3.63) is 109 Å². The smallest absolute Gasteiger partial charge is 0.282 e. The van der Waals surface area contributed by atoms with Gasteiger partial charge in [0.2, 0.25) is 0 Å². The van der Waals surface area contributed by atoms with Crippen LogP contribution in [0.5, 0.6) is 11.5 Å². The standard InChI is InChI=1S/C30H28BrCl2N3O3/c1-6-7-19-12-18(13-26(38-5)27(19)39-17-20-8-10-22(32)15-24(20)33)16-34-36-28(37)23-14-21(31)9-11-25(23)35-29(36)30(2,3)4/h6,8-16H,1,7,17H2,2-5H3. The van der Waals surface area contributed by atoms with E-state index < -0.39 is 5.41 Å². The third kappa shape index (κ3) is 6.55. The zero-order chi connectivity index (χ0) is 28.3. The van der Waals surface area contributed by atoms with Crippen LogP contribution < -0.4 is 15.0 Å². The Balaban J connectivity index is 1.76. The van der Waals surface area contributed by atoms with E-state index in [2.05, 4.69) is 27.6 Å². The molecule has 0 fully saturated rings. The third-order valence-electron chi connectivity index (χ3n) is 5.93. The van der Waals surface area contributed by atoms with E-state index in [9.17, 15) is 4.79 Å². The molecule has 0 unspecified atom stereocenters. The number of hydrogen-bond donors (Lipinski definition) is 0. The van der Waals surface area contributed by atoms with E-state index in [1.165, 1.54) is 4.68 Å². The highest BCUT2D eigenvalue weighted by Gasteiger charge is 2.23. The number of ether oxygens (including phenoxy) is 2. The molecule has 9 heteroatoms. The number of halogens is 3. The van der Waals surface area contributed by atoms with Crippen molar-refractivity contribution in [1.29, 1.82) is 0 Å². The molecule has 3 aromatic carbocycles. The monoisotopic (exact) mass is 627 g/mol.